The van der Waals surface area contributed by atoms with Crippen LogP contribution in [0, 0.1) is 6.92 Å². The van der Waals surface area contributed by atoms with E-state index in [1.807, 2.05) is 79.8 Å². The Bertz CT molecular complexity index is 236. The fourth-order valence-corrected chi connectivity index (χ4v) is 1.06. The lowest BCUT2D eigenvalue weighted by atomic mass is 10.2. The zero-order valence-corrected chi connectivity index (χ0v) is 14.9. The second-order valence-corrected chi connectivity index (χ2v) is 3.72. The molecule has 2 rings (SSSR count). The molecule has 0 amide bonds. The molecule has 1 saturated carbocycles. The lowest BCUT2D eigenvalue weighted by molar-refractivity contribution is 0.811. The molecule has 114 valence electrons. The van der Waals surface area contributed by atoms with Gasteiger partial charge in [-0.3, -0.25) is 0 Å². The summed E-state index contributed by atoms with van der Waals surface area (Å²) in [6, 6.07) is 8.66. The van der Waals surface area contributed by atoms with Crippen LogP contribution in [0.1, 0.15) is 59.9 Å². The van der Waals surface area contributed by atoms with E-state index in [-0.39, 0.29) is 0 Å². The summed E-state index contributed by atoms with van der Waals surface area (Å²) >= 11 is 5.71. The molecule has 1 aromatic carbocycles. The van der Waals surface area contributed by atoms with Gasteiger partial charge in [-0.05, 0) is 38.4 Å². The van der Waals surface area contributed by atoms with Crippen LogP contribution >= 0.6 is 11.6 Å². The molecule has 2 heteroatoms. The maximum absolute atomic E-state index is 5.71. The van der Waals surface area contributed by atoms with Crippen molar-refractivity contribution in [1.29, 1.82) is 0 Å². The molecule has 0 saturated heterocycles. The maximum Gasteiger partial charge on any atom is 0.0435 e. The molecule has 1 aliphatic rings. The molecule has 0 bridgehead atoms. The van der Waals surface area contributed by atoms with Crippen LogP contribution in [-0.2, 0) is 0 Å². The van der Waals surface area contributed by atoms with E-state index in [1.165, 1.54) is 12.8 Å². The number of benzene rings is 1. The number of hydrogen-bond donors (Lipinski definition) is 1. The summed E-state index contributed by atoms with van der Waals surface area (Å²) in [7, 11) is 2.01. The van der Waals surface area contributed by atoms with Crippen LogP contribution in [0.5, 0.6) is 0 Å². The monoisotopic (exact) mass is 287 g/mol. The Morgan fingerprint density at radius 2 is 1.37 bits per heavy atom. The summed E-state index contributed by atoms with van der Waals surface area (Å²) in [5, 5.41) is 3.98. The average molecular weight is 288 g/mol. The zero-order chi connectivity index (χ0) is 15.7. The standard InChI is InChI=1S/C7H7Cl.C4H9N.3C2H6/c1-6-4-2-3-5-7(6)8;1-5-4-2-3-4;3*1-2/h2-5H,1H3;4-5H,2-3H2,1H3;3*1-2H3. The van der Waals surface area contributed by atoms with Crippen molar-refractivity contribution in [2.45, 2.75) is 67.3 Å². The molecule has 1 nitrogen and oxygen atoms in total. The van der Waals surface area contributed by atoms with Gasteiger partial charge in [-0.15, -0.1) is 0 Å². The predicted molar refractivity (Wildman–Crippen MR) is 92.3 cm³/mol. The van der Waals surface area contributed by atoms with Crippen LogP contribution < -0.4 is 5.32 Å². The third-order valence-corrected chi connectivity index (χ3v) is 2.49. The SMILES string of the molecule is CC.CC.CC.CNC1CC1.Cc1ccccc1Cl. The highest BCUT2D eigenvalue weighted by molar-refractivity contribution is 6.31. The highest BCUT2D eigenvalue weighted by Gasteiger charge is 2.17. The molecular weight excluding hydrogens is 254 g/mol. The summed E-state index contributed by atoms with van der Waals surface area (Å²) < 4.78 is 0. The van der Waals surface area contributed by atoms with Crippen LogP contribution in [0.2, 0.25) is 5.02 Å². The average Bonchev–Trinajstić information content (AvgIpc) is 3.33. The number of rotatable bonds is 1. The van der Waals surface area contributed by atoms with Crippen molar-refractivity contribution in [1.82, 2.24) is 5.32 Å². The lowest BCUT2D eigenvalue weighted by Gasteiger charge is -1.90. The van der Waals surface area contributed by atoms with Crippen LogP contribution in [0.3, 0.4) is 0 Å². The molecule has 1 N–H and O–H groups in total. The maximum atomic E-state index is 5.71. The van der Waals surface area contributed by atoms with Gasteiger partial charge in [-0.2, -0.15) is 0 Å². The van der Waals surface area contributed by atoms with Gasteiger partial charge in [0.05, 0.1) is 0 Å². The smallest absolute Gasteiger partial charge is 0.0435 e. The summed E-state index contributed by atoms with van der Waals surface area (Å²) in [5.74, 6) is 0. The highest BCUT2D eigenvalue weighted by Crippen LogP contribution is 2.17. The summed E-state index contributed by atoms with van der Waals surface area (Å²) in [6.07, 6.45) is 2.80. The number of nitrogens with one attached hydrogen (secondary N) is 1. The third-order valence-electron chi connectivity index (χ3n) is 2.06. The molecular formula is C17H34ClN. The van der Waals surface area contributed by atoms with E-state index in [4.69, 9.17) is 11.6 Å². The van der Waals surface area contributed by atoms with Crippen molar-refractivity contribution in [3.05, 3.63) is 34.9 Å². The first-order valence-corrected chi connectivity index (χ1v) is 8.00. The summed E-state index contributed by atoms with van der Waals surface area (Å²) in [5.41, 5.74) is 1.13. The largest absolute Gasteiger partial charge is 0.317 e. The van der Waals surface area contributed by atoms with Crippen molar-refractivity contribution in [3.8, 4) is 0 Å². The van der Waals surface area contributed by atoms with E-state index in [1.54, 1.807) is 0 Å². The predicted octanol–water partition coefficient (Wildman–Crippen LogP) is 6.10. The van der Waals surface area contributed by atoms with E-state index in [0.29, 0.717) is 0 Å². The van der Waals surface area contributed by atoms with Crippen molar-refractivity contribution in [2.75, 3.05) is 7.05 Å². The first kappa shape index (κ1) is 23.6. The van der Waals surface area contributed by atoms with Gasteiger partial charge in [0.1, 0.15) is 0 Å². The molecule has 0 aromatic heterocycles. The fraction of sp³-hybridized carbons (Fsp3) is 0.647. The molecule has 0 spiro atoms. The van der Waals surface area contributed by atoms with Crippen LogP contribution in [0.4, 0.5) is 0 Å². The van der Waals surface area contributed by atoms with Gasteiger partial charge >= 0.3 is 0 Å². The lowest BCUT2D eigenvalue weighted by Crippen LogP contribution is -2.06. The van der Waals surface area contributed by atoms with Gasteiger partial charge < -0.3 is 5.32 Å². The van der Waals surface area contributed by atoms with Crippen LogP contribution in [0.25, 0.3) is 0 Å². The van der Waals surface area contributed by atoms with Gasteiger partial charge in [0.15, 0.2) is 0 Å². The molecule has 0 aliphatic heterocycles. The van der Waals surface area contributed by atoms with E-state index in [2.05, 4.69) is 5.32 Å². The second-order valence-electron chi connectivity index (χ2n) is 3.31. The van der Waals surface area contributed by atoms with Crippen molar-refractivity contribution >= 4 is 11.6 Å². The topological polar surface area (TPSA) is 12.0 Å². The third kappa shape index (κ3) is 17.5. The van der Waals surface area contributed by atoms with Crippen LogP contribution in [-0.4, -0.2) is 13.1 Å². The number of halogens is 1. The van der Waals surface area contributed by atoms with E-state index < -0.39 is 0 Å². The van der Waals surface area contributed by atoms with Gasteiger partial charge in [0, 0.05) is 11.1 Å². The van der Waals surface area contributed by atoms with E-state index >= 15 is 0 Å². The van der Waals surface area contributed by atoms with Gasteiger partial charge in [-0.25, -0.2) is 0 Å². The molecule has 0 unspecified atom stereocenters. The Balaban J connectivity index is -0.000000202. The fourth-order valence-electron chi connectivity index (χ4n) is 0.923. The minimum absolute atomic E-state index is 0.840. The Morgan fingerprint density at radius 3 is 1.53 bits per heavy atom. The Morgan fingerprint density at radius 1 is 0.947 bits per heavy atom. The number of hydrogen-bond acceptors (Lipinski definition) is 1. The normalized spacial score (nSPS) is 11.0. The van der Waals surface area contributed by atoms with Gasteiger partial charge in [0.2, 0.25) is 0 Å². The van der Waals surface area contributed by atoms with E-state index in [9.17, 15) is 0 Å². The molecule has 0 atom stereocenters. The molecule has 1 fully saturated rings. The first-order valence-electron chi connectivity index (χ1n) is 7.62. The summed E-state index contributed by atoms with van der Waals surface area (Å²) in [6.45, 7) is 14.0. The molecule has 0 radical (unpaired) electrons. The quantitative estimate of drug-likeness (QED) is 0.658. The summed E-state index contributed by atoms with van der Waals surface area (Å²) in [4.78, 5) is 0. The Labute approximate surface area is 126 Å². The molecule has 1 aromatic rings. The zero-order valence-electron chi connectivity index (χ0n) is 14.2. The van der Waals surface area contributed by atoms with Crippen LogP contribution in [0.15, 0.2) is 24.3 Å². The molecule has 19 heavy (non-hydrogen) atoms. The van der Waals surface area contributed by atoms with Crippen molar-refractivity contribution in [2.24, 2.45) is 0 Å². The van der Waals surface area contributed by atoms with Gasteiger partial charge in [-0.1, -0.05) is 71.3 Å². The molecule has 1 aliphatic carbocycles. The molecule has 0 heterocycles. The minimum Gasteiger partial charge on any atom is -0.317 e. The highest BCUT2D eigenvalue weighted by atomic mass is 35.5. The van der Waals surface area contributed by atoms with Crippen molar-refractivity contribution < 1.29 is 0 Å². The van der Waals surface area contributed by atoms with Gasteiger partial charge in [0.25, 0.3) is 0 Å². The minimum atomic E-state index is 0.840. The van der Waals surface area contributed by atoms with Crippen molar-refractivity contribution in [3.63, 3.8) is 0 Å². The Hall–Kier alpha value is -0.530. The number of aryl methyl sites for hydroxylation is 1. The first-order chi connectivity index (χ1) is 9.24. The Kier molecular flexibility index (Phi) is 24.5. The second kappa shape index (κ2) is 19.8. The van der Waals surface area contributed by atoms with E-state index in [0.717, 1.165) is 16.6 Å².